The molecule has 0 spiro atoms. The first-order valence-corrected chi connectivity index (χ1v) is 6.51. The summed E-state index contributed by atoms with van der Waals surface area (Å²) in [4.78, 5) is 13.5. The van der Waals surface area contributed by atoms with Gasteiger partial charge in [-0.1, -0.05) is 6.82 Å². The second kappa shape index (κ2) is 4.66. The van der Waals surface area contributed by atoms with Crippen molar-refractivity contribution in [2.24, 2.45) is 11.1 Å². The highest BCUT2D eigenvalue weighted by Crippen LogP contribution is 2.59. The van der Waals surface area contributed by atoms with Crippen molar-refractivity contribution in [1.82, 2.24) is 4.90 Å². The minimum absolute atomic E-state index is 0.0867. The predicted molar refractivity (Wildman–Crippen MR) is 64.3 cm³/mol. The van der Waals surface area contributed by atoms with E-state index in [-0.39, 0.29) is 12.8 Å². The lowest BCUT2D eigenvalue weighted by Gasteiger charge is -2.32. The largest absolute Gasteiger partial charge is 0.449 e. The second-order valence-electron chi connectivity index (χ2n) is 5.61. The molecular formula is C11H18BF3N2O2. The van der Waals surface area contributed by atoms with E-state index in [9.17, 15) is 23.0 Å². The Morgan fingerprint density at radius 3 is 2.53 bits per heavy atom. The highest BCUT2D eigenvalue weighted by Gasteiger charge is 2.68. The van der Waals surface area contributed by atoms with Crippen molar-refractivity contribution >= 4 is 12.8 Å². The summed E-state index contributed by atoms with van der Waals surface area (Å²) in [7, 11) is 0. The van der Waals surface area contributed by atoms with Gasteiger partial charge < -0.3 is 15.7 Å². The number of amides is 1. The molecule has 3 N–H and O–H groups in total. The molecule has 0 aromatic carbocycles. The van der Waals surface area contributed by atoms with E-state index in [1.54, 1.807) is 6.82 Å². The number of halogens is 3. The van der Waals surface area contributed by atoms with Crippen molar-refractivity contribution in [3.05, 3.63) is 0 Å². The summed E-state index contributed by atoms with van der Waals surface area (Å²) in [5, 5.41) is 9.57. The van der Waals surface area contributed by atoms with Crippen LogP contribution in [0, 0.1) is 5.41 Å². The van der Waals surface area contributed by atoms with Gasteiger partial charge in [-0.05, 0) is 25.7 Å². The molecule has 2 aliphatic rings. The molecule has 8 heteroatoms. The molecule has 1 heterocycles. The molecule has 108 valence electrons. The Balaban J connectivity index is 2.12. The zero-order valence-corrected chi connectivity index (χ0v) is 10.8. The maximum atomic E-state index is 12.9. The molecule has 2 fully saturated rings. The highest BCUT2D eigenvalue weighted by molar-refractivity contribution is 6.51. The lowest BCUT2D eigenvalue weighted by Crippen LogP contribution is -2.56. The summed E-state index contributed by atoms with van der Waals surface area (Å²) in [6.45, 7) is 1.16. The third-order valence-electron chi connectivity index (χ3n) is 4.35. The van der Waals surface area contributed by atoms with Crippen LogP contribution in [-0.2, 0) is 4.79 Å². The third-order valence-corrected chi connectivity index (χ3v) is 4.35. The molecule has 0 bridgehead atoms. The molecular weight excluding hydrogens is 260 g/mol. The topological polar surface area (TPSA) is 66.6 Å². The van der Waals surface area contributed by atoms with Gasteiger partial charge >= 0.3 is 13.1 Å². The number of alkyl halides is 3. The molecule has 4 nitrogen and oxygen atoms in total. The monoisotopic (exact) mass is 278 g/mol. The molecule has 1 saturated carbocycles. The van der Waals surface area contributed by atoms with E-state index in [0.717, 1.165) is 0 Å². The quantitative estimate of drug-likeness (QED) is 0.750. The van der Waals surface area contributed by atoms with E-state index in [4.69, 9.17) is 5.73 Å². The second-order valence-corrected chi connectivity index (χ2v) is 5.61. The lowest BCUT2D eigenvalue weighted by atomic mass is 9.62. The number of nitrogens with zero attached hydrogens (tertiary/aromatic N) is 1. The van der Waals surface area contributed by atoms with Crippen LogP contribution in [-0.4, -0.2) is 47.5 Å². The maximum absolute atomic E-state index is 12.9. The van der Waals surface area contributed by atoms with Crippen LogP contribution in [0.1, 0.15) is 25.7 Å². The van der Waals surface area contributed by atoms with Crippen molar-refractivity contribution in [2.45, 2.75) is 50.7 Å². The van der Waals surface area contributed by atoms with E-state index in [2.05, 4.69) is 0 Å². The van der Waals surface area contributed by atoms with Crippen LogP contribution in [0.3, 0.4) is 0 Å². The van der Waals surface area contributed by atoms with Gasteiger partial charge in [0, 0.05) is 12.5 Å². The molecule has 1 aliphatic carbocycles. The smallest absolute Gasteiger partial charge is 0.396 e. The van der Waals surface area contributed by atoms with Gasteiger partial charge in [-0.15, -0.1) is 0 Å². The van der Waals surface area contributed by atoms with E-state index >= 15 is 0 Å². The highest BCUT2D eigenvalue weighted by atomic mass is 19.4. The standard InChI is InChI=1S/C11H18BF3N2O2/c1-12(19)7-3-2-6-17(7)9(18)8(16)10(4-5-10)11(13,14)15/h7-8,19H,2-6,16H2,1H3/t7?,8-/m1/s1. The molecule has 2 rings (SSSR count). The van der Waals surface area contributed by atoms with Gasteiger partial charge in [0.2, 0.25) is 5.91 Å². The van der Waals surface area contributed by atoms with Crippen LogP contribution in [0.5, 0.6) is 0 Å². The van der Waals surface area contributed by atoms with Crippen molar-refractivity contribution in [2.75, 3.05) is 6.54 Å². The summed E-state index contributed by atoms with van der Waals surface area (Å²) >= 11 is 0. The maximum Gasteiger partial charge on any atom is 0.396 e. The third kappa shape index (κ3) is 2.36. The Bertz CT molecular complexity index is 371. The SMILES string of the molecule is CB(O)C1CCCN1C(=O)[C@@H](N)C1(C(F)(F)F)CC1. The van der Waals surface area contributed by atoms with Gasteiger partial charge in [0.25, 0.3) is 0 Å². The molecule has 0 radical (unpaired) electrons. The fourth-order valence-corrected chi connectivity index (χ4v) is 2.89. The van der Waals surface area contributed by atoms with Gasteiger partial charge in [0.1, 0.15) is 0 Å². The first-order chi connectivity index (χ1) is 8.71. The number of hydrogen-bond donors (Lipinski definition) is 2. The normalized spacial score (nSPS) is 27.3. The number of carbonyl (C=O) groups excluding carboxylic acids is 1. The molecule has 1 aliphatic heterocycles. The average Bonchev–Trinajstić information content (AvgIpc) is 2.98. The number of likely N-dealkylation sites (tertiary alicyclic amines) is 1. The van der Waals surface area contributed by atoms with E-state index in [0.29, 0.717) is 19.4 Å². The Morgan fingerprint density at radius 2 is 2.11 bits per heavy atom. The van der Waals surface area contributed by atoms with Gasteiger partial charge in [-0.3, -0.25) is 4.79 Å². The van der Waals surface area contributed by atoms with Crippen molar-refractivity contribution in [3.63, 3.8) is 0 Å². The molecule has 1 unspecified atom stereocenters. The Kier molecular flexibility index (Phi) is 3.59. The van der Waals surface area contributed by atoms with Crippen LogP contribution in [0.25, 0.3) is 0 Å². The summed E-state index contributed by atoms with van der Waals surface area (Å²) in [5.74, 6) is -1.10. The number of carbonyl (C=O) groups is 1. The summed E-state index contributed by atoms with van der Waals surface area (Å²) in [6.07, 6.45) is -3.32. The van der Waals surface area contributed by atoms with Crippen LogP contribution in [0.2, 0.25) is 6.82 Å². The summed E-state index contributed by atoms with van der Waals surface area (Å²) < 4.78 is 38.8. The van der Waals surface area contributed by atoms with Gasteiger partial charge in [0.15, 0.2) is 0 Å². The summed E-state index contributed by atoms with van der Waals surface area (Å²) in [6, 6.07) is -1.55. The minimum atomic E-state index is -4.44. The van der Waals surface area contributed by atoms with Crippen LogP contribution in [0.15, 0.2) is 0 Å². The number of hydrogen-bond acceptors (Lipinski definition) is 3. The average molecular weight is 278 g/mol. The Morgan fingerprint density at radius 1 is 1.53 bits per heavy atom. The van der Waals surface area contributed by atoms with Crippen molar-refractivity contribution in [3.8, 4) is 0 Å². The summed E-state index contributed by atoms with van der Waals surface area (Å²) in [5.41, 5.74) is 3.55. The van der Waals surface area contributed by atoms with Crippen LogP contribution < -0.4 is 5.73 Å². The minimum Gasteiger partial charge on any atom is -0.449 e. The van der Waals surface area contributed by atoms with E-state index in [1.807, 2.05) is 0 Å². The fraction of sp³-hybridized carbons (Fsp3) is 0.909. The van der Waals surface area contributed by atoms with E-state index < -0.39 is 36.4 Å². The van der Waals surface area contributed by atoms with Crippen molar-refractivity contribution in [1.29, 1.82) is 0 Å². The molecule has 19 heavy (non-hydrogen) atoms. The lowest BCUT2D eigenvalue weighted by molar-refractivity contribution is -0.196. The fourth-order valence-electron chi connectivity index (χ4n) is 2.89. The molecule has 0 aromatic heterocycles. The van der Waals surface area contributed by atoms with Crippen LogP contribution >= 0.6 is 0 Å². The number of rotatable bonds is 3. The van der Waals surface area contributed by atoms with Gasteiger partial charge in [-0.2, -0.15) is 13.2 Å². The predicted octanol–water partition coefficient (Wildman–Crippen LogP) is 0.800. The van der Waals surface area contributed by atoms with Gasteiger partial charge in [0.05, 0.1) is 11.5 Å². The number of nitrogens with two attached hydrogens (primary N) is 1. The molecule has 1 saturated heterocycles. The van der Waals surface area contributed by atoms with Gasteiger partial charge in [-0.25, -0.2) is 0 Å². The zero-order valence-electron chi connectivity index (χ0n) is 10.8. The van der Waals surface area contributed by atoms with Crippen molar-refractivity contribution < 1.29 is 23.0 Å². The molecule has 2 atom stereocenters. The first kappa shape index (κ1) is 14.6. The first-order valence-electron chi connectivity index (χ1n) is 6.51. The van der Waals surface area contributed by atoms with E-state index in [1.165, 1.54) is 4.90 Å². The molecule has 1 amide bonds. The Hall–Kier alpha value is -0.755. The van der Waals surface area contributed by atoms with Crippen LogP contribution in [0.4, 0.5) is 13.2 Å². The Labute approximate surface area is 110 Å². The molecule has 0 aromatic rings. The zero-order chi connectivity index (χ0) is 14.4.